The van der Waals surface area contributed by atoms with Crippen LogP contribution in [0.1, 0.15) is 56.2 Å². The molecule has 2 aromatic carbocycles. The maximum absolute atomic E-state index is 13.1. The Morgan fingerprint density at radius 2 is 1.61 bits per heavy atom. The highest BCUT2D eigenvalue weighted by Crippen LogP contribution is 2.25. The minimum atomic E-state index is -0.131. The van der Waals surface area contributed by atoms with Gasteiger partial charge < -0.3 is 10.2 Å². The predicted octanol–water partition coefficient (Wildman–Crippen LogP) is 3.83. The summed E-state index contributed by atoms with van der Waals surface area (Å²) in [7, 11) is 0. The van der Waals surface area contributed by atoms with Crippen molar-refractivity contribution in [1.29, 1.82) is 0 Å². The van der Waals surface area contributed by atoms with E-state index in [1.165, 1.54) is 0 Å². The maximum Gasteiger partial charge on any atom is 0.229 e. The van der Waals surface area contributed by atoms with Crippen molar-refractivity contribution in [2.75, 3.05) is 11.4 Å². The molecule has 1 aliphatic heterocycles. The van der Waals surface area contributed by atoms with Gasteiger partial charge >= 0.3 is 0 Å². The third-order valence-electron chi connectivity index (χ3n) is 5.31. The molecule has 1 heterocycles. The summed E-state index contributed by atoms with van der Waals surface area (Å²) in [6, 6.07) is 15.5. The summed E-state index contributed by atoms with van der Waals surface area (Å²) in [5, 5.41) is 2.80. The number of hydrogen-bond donors (Lipinski definition) is 1. The Kier molecular flexibility index (Phi) is 7.61. The van der Waals surface area contributed by atoms with E-state index in [9.17, 15) is 14.4 Å². The molecule has 2 aromatic rings. The minimum absolute atomic E-state index is 0.00351. The van der Waals surface area contributed by atoms with E-state index in [1.54, 1.807) is 4.90 Å². The number of amides is 2. The van der Waals surface area contributed by atoms with Gasteiger partial charge in [0.1, 0.15) is 5.78 Å². The second kappa shape index (κ2) is 10.6. The van der Waals surface area contributed by atoms with Gasteiger partial charge in [-0.05, 0) is 30.2 Å². The second-order valence-electron chi connectivity index (χ2n) is 7.98. The maximum atomic E-state index is 13.1. The summed E-state index contributed by atoms with van der Waals surface area (Å²) < 4.78 is 0. The molecular formula is C26H28N2O3. The number of Topliss-reactive ketones (excluding diaryl/α,β-unsaturated/α-hetero) is 1. The first kappa shape index (κ1) is 22.3. The van der Waals surface area contributed by atoms with Gasteiger partial charge in [-0.3, -0.25) is 14.4 Å². The molecule has 1 aliphatic rings. The molecule has 0 saturated carbocycles. The molecular weight excluding hydrogens is 388 g/mol. The Morgan fingerprint density at radius 3 is 2.39 bits per heavy atom. The Labute approximate surface area is 183 Å². The van der Waals surface area contributed by atoms with Crippen LogP contribution in [-0.2, 0) is 20.9 Å². The van der Waals surface area contributed by atoms with Crippen LogP contribution in [0.3, 0.4) is 0 Å². The third kappa shape index (κ3) is 6.05. The molecule has 0 fully saturated rings. The van der Waals surface area contributed by atoms with Crippen molar-refractivity contribution in [2.24, 2.45) is 5.92 Å². The molecule has 0 atom stereocenters. The zero-order chi connectivity index (χ0) is 22.2. The van der Waals surface area contributed by atoms with Gasteiger partial charge in [0.2, 0.25) is 11.8 Å². The number of benzene rings is 2. The van der Waals surface area contributed by atoms with Crippen LogP contribution in [0.25, 0.3) is 0 Å². The summed E-state index contributed by atoms with van der Waals surface area (Å²) in [6.07, 6.45) is 1.43. The number of ketones is 1. The van der Waals surface area contributed by atoms with Gasteiger partial charge in [0.25, 0.3) is 0 Å². The number of rotatable bonds is 8. The quantitative estimate of drug-likeness (QED) is 0.665. The molecule has 0 saturated heterocycles. The summed E-state index contributed by atoms with van der Waals surface area (Å²) in [4.78, 5) is 38.5. The molecule has 0 unspecified atom stereocenters. The Hall–Kier alpha value is -3.39. The van der Waals surface area contributed by atoms with Gasteiger partial charge in [-0.25, -0.2) is 0 Å². The summed E-state index contributed by atoms with van der Waals surface area (Å²) >= 11 is 0. The van der Waals surface area contributed by atoms with Gasteiger partial charge in [-0.15, -0.1) is 0 Å². The zero-order valence-corrected chi connectivity index (χ0v) is 18.1. The summed E-state index contributed by atoms with van der Waals surface area (Å²) in [5.41, 5.74) is 3.51. The molecule has 1 N–H and O–H groups in total. The molecule has 0 bridgehead atoms. The number of hydrogen-bond acceptors (Lipinski definition) is 3. The van der Waals surface area contributed by atoms with Crippen molar-refractivity contribution < 1.29 is 14.4 Å². The monoisotopic (exact) mass is 416 g/mol. The largest absolute Gasteiger partial charge is 0.356 e. The standard InChI is InChI=1S/C26H28N2O3/c1-19(2)24(29)12-7-13-25(30)27-17-16-26(31)28-18-22-10-4-3-8-20(22)14-15-21-9-5-6-11-23(21)28/h3-6,8-11,19H,7,12-13,16-18H2,1-2H3,(H,27,30). The molecule has 31 heavy (non-hydrogen) atoms. The normalized spacial score (nSPS) is 12.0. The van der Waals surface area contributed by atoms with E-state index in [-0.39, 0.29) is 36.5 Å². The van der Waals surface area contributed by atoms with Crippen LogP contribution < -0.4 is 10.2 Å². The van der Waals surface area contributed by atoms with Crippen molar-refractivity contribution in [3.63, 3.8) is 0 Å². The highest BCUT2D eigenvalue weighted by Gasteiger charge is 2.21. The lowest BCUT2D eigenvalue weighted by Gasteiger charge is -2.26. The fourth-order valence-electron chi connectivity index (χ4n) is 3.45. The van der Waals surface area contributed by atoms with Crippen LogP contribution in [0.5, 0.6) is 0 Å². The number of fused-ring (bicyclic) bond motifs is 2. The highest BCUT2D eigenvalue weighted by molar-refractivity contribution is 5.95. The van der Waals surface area contributed by atoms with E-state index in [4.69, 9.17) is 0 Å². The van der Waals surface area contributed by atoms with E-state index < -0.39 is 0 Å². The number of para-hydroxylation sites is 1. The molecule has 160 valence electrons. The number of nitrogens with one attached hydrogen (secondary N) is 1. The van der Waals surface area contributed by atoms with E-state index in [0.717, 1.165) is 22.4 Å². The summed E-state index contributed by atoms with van der Waals surface area (Å²) in [6.45, 7) is 4.43. The molecule has 0 spiro atoms. The van der Waals surface area contributed by atoms with Crippen LogP contribution in [0, 0.1) is 17.8 Å². The predicted molar refractivity (Wildman–Crippen MR) is 121 cm³/mol. The number of nitrogens with zero attached hydrogens (tertiary/aromatic N) is 1. The van der Waals surface area contributed by atoms with Crippen LogP contribution in [0.15, 0.2) is 48.5 Å². The van der Waals surface area contributed by atoms with Gasteiger partial charge in [0.05, 0.1) is 12.2 Å². The van der Waals surface area contributed by atoms with Gasteiger partial charge in [-0.1, -0.05) is 56.0 Å². The minimum Gasteiger partial charge on any atom is -0.356 e. The lowest BCUT2D eigenvalue weighted by atomic mass is 10.0. The van der Waals surface area contributed by atoms with Gasteiger partial charge in [0, 0.05) is 42.9 Å². The molecule has 5 nitrogen and oxygen atoms in total. The summed E-state index contributed by atoms with van der Waals surface area (Å²) in [5.74, 6) is 6.35. The third-order valence-corrected chi connectivity index (χ3v) is 5.31. The van der Waals surface area contributed by atoms with Crippen LogP contribution in [0.4, 0.5) is 5.69 Å². The van der Waals surface area contributed by atoms with E-state index in [2.05, 4.69) is 17.2 Å². The zero-order valence-electron chi connectivity index (χ0n) is 18.1. The van der Waals surface area contributed by atoms with Crippen molar-refractivity contribution in [3.05, 3.63) is 65.2 Å². The van der Waals surface area contributed by atoms with Crippen LogP contribution in [-0.4, -0.2) is 24.1 Å². The molecule has 0 aliphatic carbocycles. The first-order valence-corrected chi connectivity index (χ1v) is 10.7. The van der Waals surface area contributed by atoms with Crippen molar-refractivity contribution >= 4 is 23.3 Å². The molecule has 2 amide bonds. The van der Waals surface area contributed by atoms with E-state index >= 15 is 0 Å². The Morgan fingerprint density at radius 1 is 0.935 bits per heavy atom. The molecule has 3 rings (SSSR count). The van der Waals surface area contributed by atoms with E-state index in [1.807, 2.05) is 62.4 Å². The fraction of sp³-hybridized carbons (Fsp3) is 0.346. The Balaban J connectivity index is 1.61. The lowest BCUT2D eigenvalue weighted by Crippen LogP contribution is -2.35. The number of carbonyl (C=O) groups excluding carboxylic acids is 3. The SMILES string of the molecule is CC(C)C(=O)CCCC(=O)NCCC(=O)N1Cc2ccccc2C#Cc2ccccc21. The smallest absolute Gasteiger partial charge is 0.229 e. The van der Waals surface area contributed by atoms with Gasteiger partial charge in [0.15, 0.2) is 0 Å². The van der Waals surface area contributed by atoms with Crippen molar-refractivity contribution in [1.82, 2.24) is 5.32 Å². The highest BCUT2D eigenvalue weighted by atomic mass is 16.2. The Bertz CT molecular complexity index is 1030. The molecule has 0 radical (unpaired) electrons. The van der Waals surface area contributed by atoms with Crippen molar-refractivity contribution in [2.45, 2.75) is 46.1 Å². The van der Waals surface area contributed by atoms with Crippen molar-refractivity contribution in [3.8, 4) is 11.8 Å². The van der Waals surface area contributed by atoms with E-state index in [0.29, 0.717) is 25.8 Å². The van der Waals surface area contributed by atoms with Gasteiger partial charge in [-0.2, -0.15) is 0 Å². The second-order valence-corrected chi connectivity index (χ2v) is 7.98. The topological polar surface area (TPSA) is 66.5 Å². The number of carbonyl (C=O) groups is 3. The average molecular weight is 417 g/mol. The average Bonchev–Trinajstić information content (AvgIpc) is 2.75. The van der Waals surface area contributed by atoms with Crippen LogP contribution in [0.2, 0.25) is 0 Å². The lowest BCUT2D eigenvalue weighted by molar-refractivity contribution is -0.122. The molecule has 5 heteroatoms. The first-order valence-electron chi connectivity index (χ1n) is 10.7. The first-order chi connectivity index (χ1) is 15.0. The number of anilines is 1. The van der Waals surface area contributed by atoms with Crippen LogP contribution >= 0.6 is 0 Å². The molecule has 0 aromatic heterocycles. The fourth-order valence-corrected chi connectivity index (χ4v) is 3.45.